The Labute approximate surface area is 139 Å². The van der Waals surface area contributed by atoms with Gasteiger partial charge in [-0.3, -0.25) is 10.2 Å². The van der Waals surface area contributed by atoms with Gasteiger partial charge in [0.15, 0.2) is 11.5 Å². The van der Waals surface area contributed by atoms with Crippen LogP contribution in [0, 0.1) is 5.41 Å². The molecule has 0 unspecified atom stereocenters. The second-order valence-corrected chi connectivity index (χ2v) is 6.79. The molecule has 1 N–H and O–H groups in total. The second-order valence-electron chi connectivity index (χ2n) is 6.79. The number of nitrogens with zero attached hydrogens (tertiary/aromatic N) is 1. The summed E-state index contributed by atoms with van der Waals surface area (Å²) in [7, 11) is 5.05. The highest BCUT2D eigenvalue weighted by molar-refractivity contribution is 5.94. The number of rotatable bonds is 7. The van der Waals surface area contributed by atoms with Crippen LogP contribution in [0.15, 0.2) is 18.2 Å². The molecule has 1 aromatic rings. The van der Waals surface area contributed by atoms with Crippen LogP contribution in [0.3, 0.4) is 0 Å². The number of methoxy groups -OCH3 is 2. The first kappa shape index (κ1) is 19.3. The van der Waals surface area contributed by atoms with Gasteiger partial charge in [0.1, 0.15) is 0 Å². The largest absolute Gasteiger partial charge is 0.493 e. The van der Waals surface area contributed by atoms with E-state index in [1.54, 1.807) is 32.4 Å². The van der Waals surface area contributed by atoms with Crippen LogP contribution in [0.2, 0.25) is 0 Å². The molecule has 1 atom stereocenters. The summed E-state index contributed by atoms with van der Waals surface area (Å²) in [5.41, 5.74) is 3.59. The topological polar surface area (TPSA) is 50.8 Å². The molecule has 0 saturated heterocycles. The first-order valence-corrected chi connectivity index (χ1v) is 8.00. The van der Waals surface area contributed by atoms with Crippen LogP contribution in [-0.2, 0) is 0 Å². The lowest BCUT2D eigenvalue weighted by molar-refractivity contribution is 0.0521. The Morgan fingerprint density at radius 3 is 2.30 bits per heavy atom. The van der Waals surface area contributed by atoms with Gasteiger partial charge < -0.3 is 9.47 Å². The van der Waals surface area contributed by atoms with Gasteiger partial charge in [0.2, 0.25) is 0 Å². The van der Waals surface area contributed by atoms with Crippen LogP contribution in [-0.4, -0.2) is 38.2 Å². The van der Waals surface area contributed by atoms with Crippen molar-refractivity contribution in [2.45, 2.75) is 46.6 Å². The molecule has 0 aliphatic rings. The summed E-state index contributed by atoms with van der Waals surface area (Å²) >= 11 is 0. The minimum atomic E-state index is -0.154. The molecule has 130 valence electrons. The van der Waals surface area contributed by atoms with Crippen LogP contribution < -0.4 is 14.9 Å². The van der Waals surface area contributed by atoms with E-state index in [2.05, 4.69) is 33.1 Å². The summed E-state index contributed by atoms with van der Waals surface area (Å²) in [6, 6.07) is 5.42. The highest BCUT2D eigenvalue weighted by Crippen LogP contribution is 2.28. The predicted molar refractivity (Wildman–Crippen MR) is 92.9 cm³/mol. The molecule has 23 heavy (non-hydrogen) atoms. The zero-order valence-electron chi connectivity index (χ0n) is 15.4. The van der Waals surface area contributed by atoms with E-state index in [0.717, 1.165) is 12.8 Å². The molecular weight excluding hydrogens is 292 g/mol. The average molecular weight is 322 g/mol. The molecular formula is C18H30N2O3. The standard InChI is InChI=1S/C18H30N2O3/c1-8-9-16(18(2,3)4)20(5)19-17(21)13-10-11-14(22-6)15(12-13)23-7/h10-12,16H,8-9H2,1-7H3,(H,19,21)/t16-/m1/s1. The molecule has 0 aromatic heterocycles. The molecule has 5 nitrogen and oxygen atoms in total. The molecule has 1 amide bonds. The zero-order chi connectivity index (χ0) is 17.6. The molecule has 0 heterocycles. The maximum atomic E-state index is 12.5. The Morgan fingerprint density at radius 2 is 1.83 bits per heavy atom. The van der Waals surface area contributed by atoms with Crippen LogP contribution in [0.4, 0.5) is 0 Å². The molecule has 0 bridgehead atoms. The summed E-state index contributed by atoms with van der Waals surface area (Å²) in [5, 5.41) is 1.92. The lowest BCUT2D eigenvalue weighted by Crippen LogP contribution is -2.51. The van der Waals surface area contributed by atoms with E-state index in [0.29, 0.717) is 17.1 Å². The maximum absolute atomic E-state index is 12.5. The lowest BCUT2D eigenvalue weighted by atomic mass is 9.84. The Hall–Kier alpha value is -1.75. The third kappa shape index (κ3) is 5.13. The molecule has 0 aliphatic heterocycles. The maximum Gasteiger partial charge on any atom is 0.265 e. The number of benzene rings is 1. The molecule has 0 aliphatic carbocycles. The van der Waals surface area contributed by atoms with E-state index >= 15 is 0 Å². The summed E-state index contributed by atoms with van der Waals surface area (Å²) in [6.45, 7) is 8.72. The number of carbonyl (C=O) groups is 1. The van der Waals surface area contributed by atoms with Crippen molar-refractivity contribution < 1.29 is 14.3 Å². The average Bonchev–Trinajstić information content (AvgIpc) is 2.50. The number of amides is 1. The molecule has 0 saturated carbocycles. The van der Waals surface area contributed by atoms with Crippen molar-refractivity contribution in [2.75, 3.05) is 21.3 Å². The van der Waals surface area contributed by atoms with Crippen LogP contribution in [0.1, 0.15) is 50.9 Å². The van der Waals surface area contributed by atoms with E-state index in [-0.39, 0.29) is 17.4 Å². The first-order chi connectivity index (χ1) is 10.7. The van der Waals surface area contributed by atoms with Crippen molar-refractivity contribution in [1.29, 1.82) is 0 Å². The van der Waals surface area contributed by atoms with Crippen molar-refractivity contribution in [3.63, 3.8) is 0 Å². The third-order valence-electron chi connectivity index (χ3n) is 3.95. The first-order valence-electron chi connectivity index (χ1n) is 8.00. The molecule has 1 rings (SSSR count). The van der Waals surface area contributed by atoms with Gasteiger partial charge in [0.05, 0.1) is 14.2 Å². The van der Waals surface area contributed by atoms with Crippen LogP contribution >= 0.6 is 0 Å². The summed E-state index contributed by atoms with van der Waals surface area (Å²) < 4.78 is 10.5. The minimum absolute atomic E-state index is 0.0790. The fourth-order valence-corrected chi connectivity index (χ4v) is 2.76. The highest BCUT2D eigenvalue weighted by Gasteiger charge is 2.28. The smallest absolute Gasteiger partial charge is 0.265 e. The van der Waals surface area contributed by atoms with Gasteiger partial charge in [-0.1, -0.05) is 34.1 Å². The Kier molecular flexibility index (Phi) is 6.88. The van der Waals surface area contributed by atoms with Crippen LogP contribution in [0.25, 0.3) is 0 Å². The van der Waals surface area contributed by atoms with E-state index in [1.807, 2.05) is 12.1 Å². The van der Waals surface area contributed by atoms with Gasteiger partial charge >= 0.3 is 0 Å². The molecule has 0 fully saturated rings. The fourth-order valence-electron chi connectivity index (χ4n) is 2.76. The number of hydrogen-bond donors (Lipinski definition) is 1. The molecule has 0 radical (unpaired) electrons. The Morgan fingerprint density at radius 1 is 1.22 bits per heavy atom. The summed E-state index contributed by atoms with van der Waals surface area (Å²) in [6.07, 6.45) is 2.09. The van der Waals surface area contributed by atoms with Crippen molar-refractivity contribution >= 4 is 5.91 Å². The van der Waals surface area contributed by atoms with Crippen molar-refractivity contribution in [1.82, 2.24) is 10.4 Å². The van der Waals surface area contributed by atoms with Crippen molar-refractivity contribution in [3.05, 3.63) is 23.8 Å². The predicted octanol–water partition coefficient (Wildman–Crippen LogP) is 3.50. The normalized spacial score (nSPS) is 12.9. The minimum Gasteiger partial charge on any atom is -0.493 e. The molecule has 0 spiro atoms. The second kappa shape index (κ2) is 8.20. The van der Waals surface area contributed by atoms with Gasteiger partial charge in [-0.2, -0.15) is 0 Å². The van der Waals surface area contributed by atoms with E-state index in [4.69, 9.17) is 9.47 Å². The Bertz CT molecular complexity index is 523. The zero-order valence-corrected chi connectivity index (χ0v) is 15.4. The summed E-state index contributed by atoms with van der Waals surface area (Å²) in [5.74, 6) is 0.999. The SMILES string of the molecule is CCC[C@@H](N(C)NC(=O)c1ccc(OC)c(OC)c1)C(C)(C)C. The van der Waals surface area contributed by atoms with E-state index in [9.17, 15) is 4.79 Å². The number of hydrazine groups is 1. The quantitative estimate of drug-likeness (QED) is 0.781. The summed E-state index contributed by atoms with van der Waals surface area (Å²) in [4.78, 5) is 12.5. The molecule has 1 aromatic carbocycles. The fraction of sp³-hybridized carbons (Fsp3) is 0.611. The number of hydrogen-bond acceptors (Lipinski definition) is 4. The lowest BCUT2D eigenvalue weighted by Gasteiger charge is -2.38. The van der Waals surface area contributed by atoms with Gasteiger partial charge in [0.25, 0.3) is 5.91 Å². The monoisotopic (exact) mass is 322 g/mol. The van der Waals surface area contributed by atoms with E-state index < -0.39 is 0 Å². The van der Waals surface area contributed by atoms with E-state index in [1.165, 1.54) is 0 Å². The van der Waals surface area contributed by atoms with Gasteiger partial charge in [-0.05, 0) is 30.0 Å². The van der Waals surface area contributed by atoms with Crippen LogP contribution in [0.5, 0.6) is 11.5 Å². The van der Waals surface area contributed by atoms with Gasteiger partial charge in [-0.15, -0.1) is 0 Å². The number of ether oxygens (including phenoxy) is 2. The van der Waals surface area contributed by atoms with Gasteiger partial charge in [-0.25, -0.2) is 5.01 Å². The molecule has 5 heteroatoms. The van der Waals surface area contributed by atoms with Gasteiger partial charge in [0, 0.05) is 18.7 Å². The van der Waals surface area contributed by atoms with Crippen molar-refractivity contribution in [2.24, 2.45) is 5.41 Å². The number of carbonyl (C=O) groups excluding carboxylic acids is 1. The highest BCUT2D eigenvalue weighted by atomic mass is 16.5. The third-order valence-corrected chi connectivity index (χ3v) is 3.95. The Balaban J connectivity index is 2.89. The number of nitrogens with one attached hydrogen (secondary N) is 1. The van der Waals surface area contributed by atoms with Crippen molar-refractivity contribution in [3.8, 4) is 11.5 Å².